The molecule has 3 nitrogen and oxygen atoms in total. The zero-order chi connectivity index (χ0) is 12.7. The maximum absolute atomic E-state index is 12.3. The smallest absolute Gasteiger partial charge is 0.174 e. The van der Waals surface area contributed by atoms with Gasteiger partial charge in [-0.1, -0.05) is 24.3 Å². The summed E-state index contributed by atoms with van der Waals surface area (Å²) in [5, 5.41) is 0. The van der Waals surface area contributed by atoms with Gasteiger partial charge >= 0.3 is 0 Å². The SMILES string of the molecule is CC(=O)c1ccoc1C1Cc2ccccc2C1=O. The molecule has 0 N–H and O–H groups in total. The highest BCUT2D eigenvalue weighted by Gasteiger charge is 2.35. The number of hydrogen-bond donors (Lipinski definition) is 0. The Balaban J connectivity index is 2.04. The van der Waals surface area contributed by atoms with Crippen molar-refractivity contribution in [2.75, 3.05) is 0 Å². The van der Waals surface area contributed by atoms with E-state index in [4.69, 9.17) is 4.42 Å². The zero-order valence-electron chi connectivity index (χ0n) is 9.97. The van der Waals surface area contributed by atoms with E-state index < -0.39 is 0 Å². The summed E-state index contributed by atoms with van der Waals surface area (Å²) in [7, 11) is 0. The molecule has 2 aromatic rings. The number of rotatable bonds is 2. The summed E-state index contributed by atoms with van der Waals surface area (Å²) in [4.78, 5) is 23.8. The van der Waals surface area contributed by atoms with Crippen molar-refractivity contribution >= 4 is 11.6 Å². The zero-order valence-corrected chi connectivity index (χ0v) is 9.97. The number of fused-ring (bicyclic) bond motifs is 1. The molecule has 1 aliphatic rings. The molecule has 1 heterocycles. The molecule has 0 radical (unpaired) electrons. The maximum Gasteiger partial charge on any atom is 0.174 e. The second kappa shape index (κ2) is 3.95. The summed E-state index contributed by atoms with van der Waals surface area (Å²) in [5.41, 5.74) is 2.29. The molecule has 3 heteroatoms. The Labute approximate surface area is 104 Å². The maximum atomic E-state index is 12.3. The van der Waals surface area contributed by atoms with Crippen molar-refractivity contribution in [3.8, 4) is 0 Å². The number of furan rings is 1. The fraction of sp³-hybridized carbons (Fsp3) is 0.200. The highest BCUT2D eigenvalue weighted by Crippen LogP contribution is 2.35. The lowest BCUT2D eigenvalue weighted by molar-refractivity contribution is 0.0962. The Morgan fingerprint density at radius 2 is 2.06 bits per heavy atom. The molecule has 90 valence electrons. The van der Waals surface area contributed by atoms with Gasteiger partial charge in [-0.25, -0.2) is 0 Å². The van der Waals surface area contributed by atoms with E-state index in [1.165, 1.54) is 13.2 Å². The molecule has 0 saturated carbocycles. The van der Waals surface area contributed by atoms with Crippen LogP contribution in [0.1, 0.15) is 44.9 Å². The first kappa shape index (κ1) is 11.0. The van der Waals surface area contributed by atoms with Crippen LogP contribution in [0.2, 0.25) is 0 Å². The second-order valence-electron chi connectivity index (χ2n) is 4.53. The molecule has 0 aliphatic heterocycles. The van der Waals surface area contributed by atoms with Gasteiger partial charge in [0.15, 0.2) is 11.6 Å². The molecule has 1 aromatic carbocycles. The number of carbonyl (C=O) groups is 2. The minimum absolute atomic E-state index is 0.0445. The van der Waals surface area contributed by atoms with Crippen molar-refractivity contribution in [3.63, 3.8) is 0 Å². The van der Waals surface area contributed by atoms with Crippen molar-refractivity contribution in [1.29, 1.82) is 0 Å². The molecule has 1 unspecified atom stereocenters. The van der Waals surface area contributed by atoms with Gasteiger partial charge < -0.3 is 4.42 Å². The van der Waals surface area contributed by atoms with Crippen LogP contribution in [0.4, 0.5) is 0 Å². The quantitative estimate of drug-likeness (QED) is 0.758. The summed E-state index contributed by atoms with van der Waals surface area (Å²) in [5.74, 6) is 0.130. The largest absolute Gasteiger partial charge is 0.468 e. The number of hydrogen-bond acceptors (Lipinski definition) is 3. The van der Waals surface area contributed by atoms with Gasteiger partial charge in [0.1, 0.15) is 5.76 Å². The fourth-order valence-electron chi connectivity index (χ4n) is 2.53. The van der Waals surface area contributed by atoms with Gasteiger partial charge in [-0.15, -0.1) is 0 Å². The van der Waals surface area contributed by atoms with Gasteiger partial charge in [-0.05, 0) is 25.0 Å². The van der Waals surface area contributed by atoms with E-state index >= 15 is 0 Å². The summed E-state index contributed by atoms with van der Waals surface area (Å²) in [6, 6.07) is 9.18. The minimum atomic E-state index is -0.351. The number of ketones is 2. The average molecular weight is 240 g/mol. The lowest BCUT2D eigenvalue weighted by Crippen LogP contribution is -2.09. The summed E-state index contributed by atoms with van der Waals surface area (Å²) in [6.45, 7) is 1.49. The Hall–Kier alpha value is -2.16. The first-order chi connectivity index (χ1) is 8.68. The van der Waals surface area contributed by atoms with Crippen molar-refractivity contribution in [1.82, 2.24) is 0 Å². The van der Waals surface area contributed by atoms with Crippen LogP contribution in [0.25, 0.3) is 0 Å². The Kier molecular flexibility index (Phi) is 2.40. The average Bonchev–Trinajstić information content (AvgIpc) is 2.94. The number of benzene rings is 1. The van der Waals surface area contributed by atoms with Crippen LogP contribution in [-0.2, 0) is 6.42 Å². The van der Waals surface area contributed by atoms with Crippen molar-refractivity contribution in [2.24, 2.45) is 0 Å². The molecule has 0 fully saturated rings. The first-order valence-corrected chi connectivity index (χ1v) is 5.89. The van der Waals surface area contributed by atoms with E-state index in [1.54, 1.807) is 6.07 Å². The van der Waals surface area contributed by atoms with Gasteiger partial charge in [0, 0.05) is 5.56 Å². The molecule has 0 saturated heterocycles. The highest BCUT2D eigenvalue weighted by atomic mass is 16.3. The summed E-state index contributed by atoms with van der Waals surface area (Å²) < 4.78 is 5.37. The molecule has 0 bridgehead atoms. The van der Waals surface area contributed by atoms with Crippen LogP contribution in [0.15, 0.2) is 41.0 Å². The van der Waals surface area contributed by atoms with Crippen molar-refractivity contribution in [2.45, 2.75) is 19.3 Å². The van der Waals surface area contributed by atoms with E-state index in [9.17, 15) is 9.59 Å². The second-order valence-corrected chi connectivity index (χ2v) is 4.53. The first-order valence-electron chi connectivity index (χ1n) is 5.89. The van der Waals surface area contributed by atoms with Gasteiger partial charge in [-0.3, -0.25) is 9.59 Å². The summed E-state index contributed by atoms with van der Waals surface area (Å²) in [6.07, 6.45) is 2.09. The third kappa shape index (κ3) is 1.51. The third-order valence-corrected chi connectivity index (χ3v) is 3.41. The number of carbonyl (C=O) groups excluding carboxylic acids is 2. The van der Waals surface area contributed by atoms with Gasteiger partial charge in [0.25, 0.3) is 0 Å². The van der Waals surface area contributed by atoms with E-state index in [0.29, 0.717) is 17.7 Å². The highest BCUT2D eigenvalue weighted by molar-refractivity contribution is 6.06. The molecular weight excluding hydrogens is 228 g/mol. The minimum Gasteiger partial charge on any atom is -0.468 e. The molecule has 1 aliphatic carbocycles. The predicted molar refractivity (Wildman–Crippen MR) is 65.9 cm³/mol. The lowest BCUT2D eigenvalue weighted by atomic mass is 9.97. The topological polar surface area (TPSA) is 47.3 Å². The molecule has 0 amide bonds. The number of Topliss-reactive ketones (excluding diaryl/α,β-unsaturated/α-hetero) is 2. The van der Waals surface area contributed by atoms with E-state index in [1.807, 2.05) is 24.3 Å². The molecule has 1 aromatic heterocycles. The Morgan fingerprint density at radius 3 is 2.78 bits per heavy atom. The molecular formula is C15H12O3. The van der Waals surface area contributed by atoms with Crippen molar-refractivity contribution < 1.29 is 14.0 Å². The van der Waals surface area contributed by atoms with E-state index in [0.717, 1.165) is 11.1 Å². The van der Waals surface area contributed by atoms with Crippen LogP contribution < -0.4 is 0 Å². The standard InChI is InChI=1S/C15H12O3/c1-9(16)11-6-7-18-15(11)13-8-10-4-2-3-5-12(10)14(13)17/h2-7,13H,8H2,1H3. The van der Waals surface area contributed by atoms with Crippen LogP contribution in [0, 0.1) is 0 Å². The predicted octanol–water partition coefficient (Wildman–Crippen LogP) is 3.00. The summed E-state index contributed by atoms with van der Waals surface area (Å²) >= 11 is 0. The lowest BCUT2D eigenvalue weighted by Gasteiger charge is -2.05. The molecule has 1 atom stereocenters. The third-order valence-electron chi connectivity index (χ3n) is 3.41. The molecule has 3 rings (SSSR count). The van der Waals surface area contributed by atoms with Crippen LogP contribution in [-0.4, -0.2) is 11.6 Å². The normalized spacial score (nSPS) is 17.8. The van der Waals surface area contributed by atoms with Crippen LogP contribution >= 0.6 is 0 Å². The Morgan fingerprint density at radius 1 is 1.28 bits per heavy atom. The van der Waals surface area contributed by atoms with E-state index in [2.05, 4.69) is 0 Å². The van der Waals surface area contributed by atoms with Gasteiger partial charge in [-0.2, -0.15) is 0 Å². The fourth-order valence-corrected chi connectivity index (χ4v) is 2.53. The van der Waals surface area contributed by atoms with Gasteiger partial charge in [0.2, 0.25) is 0 Å². The molecule has 18 heavy (non-hydrogen) atoms. The van der Waals surface area contributed by atoms with Crippen LogP contribution in [0.3, 0.4) is 0 Å². The van der Waals surface area contributed by atoms with Crippen LogP contribution in [0.5, 0.6) is 0 Å². The monoisotopic (exact) mass is 240 g/mol. The van der Waals surface area contributed by atoms with E-state index in [-0.39, 0.29) is 17.5 Å². The molecule has 0 spiro atoms. The Bertz CT molecular complexity index is 637. The van der Waals surface area contributed by atoms with Gasteiger partial charge in [0.05, 0.1) is 17.7 Å². The van der Waals surface area contributed by atoms with Crippen molar-refractivity contribution in [3.05, 3.63) is 59.0 Å².